The summed E-state index contributed by atoms with van der Waals surface area (Å²) < 4.78 is 0. The highest BCUT2D eigenvalue weighted by molar-refractivity contribution is 6.24. The zero-order valence-corrected chi connectivity index (χ0v) is 17.3. The van der Waals surface area contributed by atoms with Gasteiger partial charge in [-0.05, 0) is 43.8 Å². The fraction of sp³-hybridized carbons (Fsp3) is 0.435. The minimum Gasteiger partial charge on any atom is -0.355 e. The van der Waals surface area contributed by atoms with E-state index < -0.39 is 12.1 Å². The summed E-state index contributed by atoms with van der Waals surface area (Å²) in [6.45, 7) is 4.85. The van der Waals surface area contributed by atoms with Gasteiger partial charge >= 0.3 is 6.03 Å². The van der Waals surface area contributed by atoms with Crippen molar-refractivity contribution in [1.82, 2.24) is 15.5 Å². The molecule has 0 aliphatic carbocycles. The van der Waals surface area contributed by atoms with Gasteiger partial charge < -0.3 is 10.6 Å². The molecule has 0 spiro atoms. The molecule has 2 aliphatic heterocycles. The number of likely N-dealkylation sites (tertiary alicyclic amines) is 1. The zero-order valence-electron chi connectivity index (χ0n) is 17.3. The molecule has 0 aromatic heterocycles. The number of nitrogens with zero attached hydrogens (tertiary/aromatic N) is 2. The van der Waals surface area contributed by atoms with Crippen molar-refractivity contribution in [2.75, 3.05) is 24.5 Å². The second-order valence-electron chi connectivity index (χ2n) is 7.94. The Balaban J connectivity index is 1.35. The molecule has 4 rings (SSSR count). The predicted molar refractivity (Wildman–Crippen MR) is 116 cm³/mol. The van der Waals surface area contributed by atoms with Gasteiger partial charge in [-0.3, -0.25) is 14.5 Å². The number of nitrogens with one attached hydrogen (secondary N) is 2. The molecule has 2 heterocycles. The van der Waals surface area contributed by atoms with Gasteiger partial charge in [0.1, 0.15) is 6.04 Å². The van der Waals surface area contributed by atoms with Crippen LogP contribution in [0.1, 0.15) is 32.6 Å². The van der Waals surface area contributed by atoms with E-state index in [2.05, 4.69) is 22.5 Å². The lowest BCUT2D eigenvalue weighted by atomic mass is 10.1. The van der Waals surface area contributed by atoms with Crippen LogP contribution in [0.5, 0.6) is 0 Å². The maximum atomic E-state index is 12.9. The maximum Gasteiger partial charge on any atom is 0.329 e. The number of carbonyl (C=O) groups excluding carboxylic acids is 3. The Kier molecular flexibility index (Phi) is 5.99. The Morgan fingerprint density at radius 2 is 1.97 bits per heavy atom. The van der Waals surface area contributed by atoms with Gasteiger partial charge in [-0.15, -0.1) is 0 Å². The molecule has 0 radical (unpaired) electrons. The third-order valence-electron chi connectivity index (χ3n) is 6.13. The molecule has 2 unspecified atom stereocenters. The van der Waals surface area contributed by atoms with Crippen LogP contribution in [0, 0.1) is 0 Å². The number of benzene rings is 2. The van der Waals surface area contributed by atoms with Crippen LogP contribution in [0.2, 0.25) is 0 Å². The molecule has 2 aromatic rings. The topological polar surface area (TPSA) is 81.8 Å². The number of anilines is 1. The van der Waals surface area contributed by atoms with Crippen molar-refractivity contribution in [1.29, 1.82) is 0 Å². The van der Waals surface area contributed by atoms with Crippen LogP contribution >= 0.6 is 0 Å². The third-order valence-corrected chi connectivity index (χ3v) is 6.13. The molecule has 4 amide bonds. The van der Waals surface area contributed by atoms with Gasteiger partial charge in [0.15, 0.2) is 0 Å². The average Bonchev–Trinajstić information content (AvgIpc) is 3.33. The van der Waals surface area contributed by atoms with Gasteiger partial charge in [0.25, 0.3) is 5.91 Å². The van der Waals surface area contributed by atoms with Gasteiger partial charge in [-0.1, -0.05) is 43.3 Å². The van der Waals surface area contributed by atoms with Crippen molar-refractivity contribution in [3.8, 4) is 0 Å². The van der Waals surface area contributed by atoms with Crippen molar-refractivity contribution in [2.24, 2.45) is 0 Å². The number of urea groups is 1. The van der Waals surface area contributed by atoms with Gasteiger partial charge in [-0.2, -0.15) is 0 Å². The highest BCUT2D eigenvalue weighted by atomic mass is 16.2. The average molecular weight is 409 g/mol. The van der Waals surface area contributed by atoms with Gasteiger partial charge in [0.2, 0.25) is 5.91 Å². The van der Waals surface area contributed by atoms with Crippen LogP contribution in [0.15, 0.2) is 42.5 Å². The van der Waals surface area contributed by atoms with Crippen molar-refractivity contribution in [3.05, 3.63) is 42.5 Å². The summed E-state index contributed by atoms with van der Waals surface area (Å²) in [5.74, 6) is -0.388. The summed E-state index contributed by atoms with van der Waals surface area (Å²) in [7, 11) is 0. The molecule has 30 heavy (non-hydrogen) atoms. The first-order chi connectivity index (χ1) is 14.6. The first kappa shape index (κ1) is 20.3. The molecule has 2 aliphatic rings. The zero-order chi connectivity index (χ0) is 21.1. The van der Waals surface area contributed by atoms with E-state index in [-0.39, 0.29) is 18.2 Å². The van der Waals surface area contributed by atoms with E-state index in [9.17, 15) is 14.4 Å². The van der Waals surface area contributed by atoms with E-state index in [4.69, 9.17) is 0 Å². The highest BCUT2D eigenvalue weighted by Crippen LogP contribution is 2.29. The lowest BCUT2D eigenvalue weighted by Gasteiger charge is -2.22. The van der Waals surface area contributed by atoms with Crippen molar-refractivity contribution in [3.63, 3.8) is 0 Å². The van der Waals surface area contributed by atoms with Gasteiger partial charge in [0.05, 0.1) is 5.69 Å². The monoisotopic (exact) mass is 408 g/mol. The Bertz CT molecular complexity index is 955. The predicted octanol–water partition coefficient (Wildman–Crippen LogP) is 2.65. The van der Waals surface area contributed by atoms with Gasteiger partial charge in [0, 0.05) is 24.4 Å². The Labute approximate surface area is 176 Å². The van der Waals surface area contributed by atoms with Crippen molar-refractivity contribution >= 4 is 34.3 Å². The van der Waals surface area contributed by atoms with Crippen LogP contribution in [-0.2, 0) is 9.59 Å². The van der Waals surface area contributed by atoms with Crippen LogP contribution < -0.4 is 15.5 Å². The molecule has 158 valence electrons. The minimum atomic E-state index is -0.680. The van der Waals surface area contributed by atoms with Crippen molar-refractivity contribution in [2.45, 2.75) is 44.7 Å². The van der Waals surface area contributed by atoms with E-state index in [1.165, 1.54) is 11.3 Å². The van der Waals surface area contributed by atoms with Gasteiger partial charge in [-0.25, -0.2) is 9.69 Å². The van der Waals surface area contributed by atoms with E-state index in [1.807, 2.05) is 36.4 Å². The molecule has 7 nitrogen and oxygen atoms in total. The van der Waals surface area contributed by atoms with E-state index >= 15 is 0 Å². The quantitative estimate of drug-likeness (QED) is 0.690. The van der Waals surface area contributed by atoms with Crippen molar-refractivity contribution < 1.29 is 14.4 Å². The maximum absolute atomic E-state index is 12.9. The molecule has 7 heteroatoms. The SMILES string of the molecule is CCN1CCCC1CNC(=O)CCC1NC(=O)N(c2cccc3ccccc23)C1=O. The summed E-state index contributed by atoms with van der Waals surface area (Å²) in [4.78, 5) is 41.3. The first-order valence-electron chi connectivity index (χ1n) is 10.7. The van der Waals surface area contributed by atoms with Crippen LogP contribution in [-0.4, -0.2) is 54.5 Å². The molecule has 2 saturated heterocycles. The van der Waals surface area contributed by atoms with Crippen LogP contribution in [0.25, 0.3) is 10.8 Å². The highest BCUT2D eigenvalue weighted by Gasteiger charge is 2.39. The van der Waals surface area contributed by atoms with E-state index in [0.717, 1.165) is 30.3 Å². The summed E-state index contributed by atoms with van der Waals surface area (Å²) in [6.07, 6.45) is 2.77. The third kappa shape index (κ3) is 4.03. The molecule has 0 saturated carbocycles. The molecule has 2 atom stereocenters. The summed E-state index contributed by atoms with van der Waals surface area (Å²) in [5, 5.41) is 7.53. The van der Waals surface area contributed by atoms with E-state index in [1.54, 1.807) is 6.07 Å². The van der Waals surface area contributed by atoms with E-state index in [0.29, 0.717) is 24.7 Å². The smallest absolute Gasteiger partial charge is 0.329 e. The minimum absolute atomic E-state index is 0.0800. The normalized spacial score (nSPS) is 22.0. The standard InChI is InChI=1S/C23H28N4O3/c1-2-26-14-6-9-17(26)15-24-21(28)13-12-19-22(29)27(23(30)25-19)20-11-5-8-16-7-3-4-10-18(16)20/h3-5,7-8,10-11,17,19H,2,6,9,12-15H2,1H3,(H,24,28)(H,25,30). The summed E-state index contributed by atoms with van der Waals surface area (Å²) >= 11 is 0. The molecule has 2 N–H and O–H groups in total. The number of hydrogen-bond acceptors (Lipinski definition) is 4. The molecule has 2 fully saturated rings. The Morgan fingerprint density at radius 1 is 1.17 bits per heavy atom. The fourth-order valence-electron chi connectivity index (χ4n) is 4.50. The largest absolute Gasteiger partial charge is 0.355 e. The number of rotatable bonds is 7. The molecule has 0 bridgehead atoms. The van der Waals surface area contributed by atoms with Crippen LogP contribution in [0.4, 0.5) is 10.5 Å². The first-order valence-corrected chi connectivity index (χ1v) is 10.7. The molecular formula is C23H28N4O3. The second kappa shape index (κ2) is 8.83. The summed E-state index contributed by atoms with van der Waals surface area (Å²) in [6, 6.07) is 12.5. The summed E-state index contributed by atoms with van der Waals surface area (Å²) in [5.41, 5.74) is 0.573. The lowest BCUT2D eigenvalue weighted by Crippen LogP contribution is -2.40. The van der Waals surface area contributed by atoms with Crippen LogP contribution in [0.3, 0.4) is 0 Å². The second-order valence-corrected chi connectivity index (χ2v) is 7.94. The number of hydrogen-bond donors (Lipinski definition) is 2. The molecule has 2 aromatic carbocycles. The number of carbonyl (C=O) groups is 3. The number of fused-ring (bicyclic) bond motifs is 1. The number of amides is 4. The fourth-order valence-corrected chi connectivity index (χ4v) is 4.50. The Hall–Kier alpha value is -2.93. The lowest BCUT2D eigenvalue weighted by molar-refractivity contribution is -0.122. The molecular weight excluding hydrogens is 380 g/mol. The number of likely N-dealkylation sites (N-methyl/N-ethyl adjacent to an activating group) is 1. The number of imide groups is 1. The Morgan fingerprint density at radius 3 is 2.80 bits per heavy atom.